The van der Waals surface area contributed by atoms with Crippen molar-refractivity contribution in [3.63, 3.8) is 0 Å². The maximum atomic E-state index is 11.1. The number of fused-ring (bicyclic) bond motifs is 1. The third-order valence-electron chi connectivity index (χ3n) is 4.67. The number of nitrogens with zero attached hydrogens (tertiary/aromatic N) is 3. The Bertz CT molecular complexity index is 1330. The minimum Gasteiger partial charge on any atom is -0.507 e. The molecule has 3 aromatic carbocycles. The number of non-ortho nitro benzene ring substituents is 1. The second kappa shape index (κ2) is 7.61. The second-order valence-electron chi connectivity index (χ2n) is 6.85. The van der Waals surface area contributed by atoms with Crippen molar-refractivity contribution < 1.29 is 14.4 Å². The highest BCUT2D eigenvalue weighted by Gasteiger charge is 2.13. The zero-order chi connectivity index (χ0) is 21.4. The van der Waals surface area contributed by atoms with Gasteiger partial charge in [-0.05, 0) is 55.3 Å². The van der Waals surface area contributed by atoms with Crippen LogP contribution >= 0.6 is 11.6 Å². The number of aliphatic imine (C=N–C) groups is 1. The molecule has 8 heteroatoms. The number of aromatic hydroxyl groups is 1. The van der Waals surface area contributed by atoms with Crippen LogP contribution in [0.2, 0.25) is 5.02 Å². The number of hydrogen-bond donors (Lipinski definition) is 1. The van der Waals surface area contributed by atoms with E-state index in [1.54, 1.807) is 31.2 Å². The molecule has 30 heavy (non-hydrogen) atoms. The van der Waals surface area contributed by atoms with Gasteiger partial charge in [0.15, 0.2) is 5.58 Å². The summed E-state index contributed by atoms with van der Waals surface area (Å²) in [5.41, 5.74) is 4.07. The first-order chi connectivity index (χ1) is 14.3. The highest BCUT2D eigenvalue weighted by atomic mass is 35.5. The van der Waals surface area contributed by atoms with E-state index in [2.05, 4.69) is 9.98 Å². The van der Waals surface area contributed by atoms with E-state index in [1.165, 1.54) is 18.3 Å². The summed E-state index contributed by atoms with van der Waals surface area (Å²) in [6.07, 6.45) is 1.41. The Morgan fingerprint density at radius 2 is 1.93 bits per heavy atom. The van der Waals surface area contributed by atoms with Crippen molar-refractivity contribution in [3.05, 3.63) is 80.4 Å². The number of halogens is 1. The zero-order valence-corrected chi connectivity index (χ0v) is 16.8. The molecule has 0 spiro atoms. The van der Waals surface area contributed by atoms with E-state index in [9.17, 15) is 15.2 Å². The quantitative estimate of drug-likeness (QED) is 0.242. The first kappa shape index (κ1) is 19.6. The Balaban J connectivity index is 1.73. The van der Waals surface area contributed by atoms with E-state index in [0.29, 0.717) is 33.3 Å². The van der Waals surface area contributed by atoms with Crippen LogP contribution in [0.25, 0.3) is 22.6 Å². The monoisotopic (exact) mass is 421 g/mol. The predicted octanol–water partition coefficient (Wildman–Crippen LogP) is 6.13. The van der Waals surface area contributed by atoms with Gasteiger partial charge in [-0.15, -0.1) is 0 Å². The molecule has 0 saturated heterocycles. The number of phenols is 1. The number of oxazole rings is 1. The third-order valence-corrected chi connectivity index (χ3v) is 4.91. The largest absolute Gasteiger partial charge is 0.507 e. The van der Waals surface area contributed by atoms with Gasteiger partial charge in [-0.1, -0.05) is 17.7 Å². The van der Waals surface area contributed by atoms with Gasteiger partial charge in [0.1, 0.15) is 11.3 Å². The van der Waals surface area contributed by atoms with Gasteiger partial charge in [0.25, 0.3) is 5.69 Å². The maximum Gasteiger partial charge on any atom is 0.270 e. The predicted molar refractivity (Wildman–Crippen MR) is 116 cm³/mol. The molecule has 0 fully saturated rings. The van der Waals surface area contributed by atoms with Gasteiger partial charge in [-0.3, -0.25) is 15.1 Å². The van der Waals surface area contributed by atoms with Crippen LogP contribution in [-0.2, 0) is 0 Å². The lowest BCUT2D eigenvalue weighted by atomic mass is 10.1. The van der Waals surface area contributed by atoms with Gasteiger partial charge in [0.05, 0.1) is 10.6 Å². The third kappa shape index (κ3) is 3.75. The minimum absolute atomic E-state index is 0.0472. The lowest BCUT2D eigenvalue weighted by Gasteiger charge is -2.05. The molecule has 4 rings (SSSR count). The van der Waals surface area contributed by atoms with E-state index in [0.717, 1.165) is 11.1 Å². The molecule has 0 aliphatic rings. The van der Waals surface area contributed by atoms with Crippen LogP contribution in [-0.4, -0.2) is 21.2 Å². The van der Waals surface area contributed by atoms with Crippen LogP contribution in [0, 0.1) is 24.0 Å². The van der Waals surface area contributed by atoms with Crippen LogP contribution in [0.1, 0.15) is 16.7 Å². The van der Waals surface area contributed by atoms with Crippen LogP contribution in [0.5, 0.6) is 5.75 Å². The van der Waals surface area contributed by atoms with Crippen LogP contribution in [0.15, 0.2) is 57.9 Å². The molecule has 0 aliphatic carbocycles. The summed E-state index contributed by atoms with van der Waals surface area (Å²) in [7, 11) is 0. The molecule has 1 heterocycles. The topological polar surface area (TPSA) is 102 Å². The number of aromatic nitrogens is 1. The fourth-order valence-electron chi connectivity index (χ4n) is 3.04. The maximum absolute atomic E-state index is 11.1. The number of nitro benzene ring substituents is 1. The number of rotatable bonds is 4. The fourth-order valence-corrected chi connectivity index (χ4v) is 3.20. The lowest BCUT2D eigenvalue weighted by molar-refractivity contribution is -0.384. The summed E-state index contributed by atoms with van der Waals surface area (Å²) in [4.78, 5) is 19.5. The van der Waals surface area contributed by atoms with Crippen LogP contribution in [0.4, 0.5) is 11.4 Å². The van der Waals surface area contributed by atoms with Gasteiger partial charge in [0.2, 0.25) is 5.89 Å². The van der Waals surface area contributed by atoms with Gasteiger partial charge >= 0.3 is 0 Å². The lowest BCUT2D eigenvalue weighted by Crippen LogP contribution is -1.93. The van der Waals surface area contributed by atoms with E-state index in [1.807, 2.05) is 19.1 Å². The number of nitro groups is 1. The fraction of sp³-hybridized carbons (Fsp3) is 0.0909. The number of aryl methyl sites for hydroxylation is 2. The average Bonchev–Trinajstić information content (AvgIpc) is 3.13. The molecule has 150 valence electrons. The second-order valence-corrected chi connectivity index (χ2v) is 7.28. The Morgan fingerprint density at radius 1 is 1.13 bits per heavy atom. The number of hydrogen-bond acceptors (Lipinski definition) is 6. The summed E-state index contributed by atoms with van der Waals surface area (Å²) in [5.74, 6) is 0.381. The molecule has 0 radical (unpaired) electrons. The standard InChI is InChI=1S/C22H16ClN3O4/c1-12-3-4-14(22-25-19-10-16(23)5-6-20(19)30-22)9-18(12)24-11-15-8-17(26(28)29)7-13(2)21(15)27/h3-11,27H,1-2H3. The molecule has 0 atom stereocenters. The number of benzene rings is 3. The van der Waals surface area contributed by atoms with E-state index in [4.69, 9.17) is 16.0 Å². The molecule has 1 N–H and O–H groups in total. The summed E-state index contributed by atoms with van der Waals surface area (Å²) in [6, 6.07) is 13.4. The average molecular weight is 422 g/mol. The highest BCUT2D eigenvalue weighted by molar-refractivity contribution is 6.31. The molecule has 4 aromatic rings. The SMILES string of the molecule is Cc1ccc(-c2nc3cc(Cl)ccc3o2)cc1N=Cc1cc([N+](=O)[O-])cc(C)c1O. The van der Waals surface area contributed by atoms with Crippen molar-refractivity contribution in [2.45, 2.75) is 13.8 Å². The van der Waals surface area contributed by atoms with Crippen molar-refractivity contribution >= 4 is 40.3 Å². The van der Waals surface area contributed by atoms with Gasteiger partial charge < -0.3 is 9.52 Å². The number of phenolic OH excluding ortho intramolecular Hbond substituents is 1. The van der Waals surface area contributed by atoms with Crippen molar-refractivity contribution in [3.8, 4) is 17.2 Å². The molecular formula is C22H16ClN3O4. The van der Waals surface area contributed by atoms with E-state index >= 15 is 0 Å². The first-order valence-electron chi connectivity index (χ1n) is 9.01. The summed E-state index contributed by atoms with van der Waals surface area (Å²) >= 11 is 6.01. The van der Waals surface area contributed by atoms with Gasteiger partial charge in [-0.2, -0.15) is 0 Å². The molecule has 1 aromatic heterocycles. The Kier molecular flexibility index (Phi) is 4.97. The van der Waals surface area contributed by atoms with Crippen molar-refractivity contribution in [1.82, 2.24) is 4.98 Å². The van der Waals surface area contributed by atoms with Gasteiger partial charge in [0, 0.05) is 34.5 Å². The van der Waals surface area contributed by atoms with Crippen LogP contribution < -0.4 is 0 Å². The highest BCUT2D eigenvalue weighted by Crippen LogP contribution is 2.31. The molecule has 0 aliphatic heterocycles. The molecule has 0 saturated carbocycles. The van der Waals surface area contributed by atoms with Crippen molar-refractivity contribution in [2.24, 2.45) is 4.99 Å². The molecule has 7 nitrogen and oxygen atoms in total. The Morgan fingerprint density at radius 3 is 2.70 bits per heavy atom. The molecule has 0 bridgehead atoms. The molecular weight excluding hydrogens is 406 g/mol. The Hall–Kier alpha value is -3.71. The van der Waals surface area contributed by atoms with Crippen molar-refractivity contribution in [1.29, 1.82) is 0 Å². The van der Waals surface area contributed by atoms with E-state index < -0.39 is 4.92 Å². The first-order valence-corrected chi connectivity index (χ1v) is 9.39. The summed E-state index contributed by atoms with van der Waals surface area (Å²) in [5, 5.41) is 21.9. The smallest absolute Gasteiger partial charge is 0.270 e. The molecule has 0 unspecified atom stereocenters. The Labute approximate surface area is 176 Å². The van der Waals surface area contributed by atoms with Crippen molar-refractivity contribution in [2.75, 3.05) is 0 Å². The molecule has 0 amide bonds. The zero-order valence-electron chi connectivity index (χ0n) is 16.1. The normalized spacial score (nSPS) is 11.4. The summed E-state index contributed by atoms with van der Waals surface area (Å²) in [6.45, 7) is 3.49. The van der Waals surface area contributed by atoms with Gasteiger partial charge in [-0.25, -0.2) is 4.98 Å². The van der Waals surface area contributed by atoms with Crippen LogP contribution in [0.3, 0.4) is 0 Å². The van der Waals surface area contributed by atoms with E-state index in [-0.39, 0.29) is 17.0 Å². The minimum atomic E-state index is -0.505. The summed E-state index contributed by atoms with van der Waals surface area (Å²) < 4.78 is 5.81.